The number of allylic oxidation sites excluding steroid dienone is 1. The van der Waals surface area contributed by atoms with Gasteiger partial charge in [-0.05, 0) is 73.9 Å². The van der Waals surface area contributed by atoms with Crippen molar-refractivity contribution in [2.75, 3.05) is 31.1 Å². The summed E-state index contributed by atoms with van der Waals surface area (Å²) in [6.07, 6.45) is 10.2. The lowest BCUT2D eigenvalue weighted by atomic mass is 9.75. The van der Waals surface area contributed by atoms with E-state index in [4.69, 9.17) is 26.1 Å². The molecule has 2 aromatic carbocycles. The summed E-state index contributed by atoms with van der Waals surface area (Å²) in [5, 5.41) is 0. The zero-order valence-corrected chi connectivity index (χ0v) is 27.3. The quantitative estimate of drug-likeness (QED) is 0.495. The minimum atomic E-state index is -4.35. The maximum Gasteiger partial charge on any atom is 0.261 e. The predicted octanol–water partition coefficient (Wildman–Crippen LogP) is 1.47. The monoisotopic (exact) mass is 680 g/mol. The number of rotatable bonds is 3. The molecule has 2 atom stereocenters. The number of hydrogen-bond acceptors (Lipinski definition) is 6. The summed E-state index contributed by atoms with van der Waals surface area (Å²) in [5.74, 6) is 1.63. The zero-order valence-electron chi connectivity index (χ0n) is 23.4. The maximum absolute atomic E-state index is 13.1. The van der Waals surface area contributed by atoms with Gasteiger partial charge in [0.05, 0.1) is 22.9 Å². The van der Waals surface area contributed by atoms with E-state index in [0.29, 0.717) is 11.6 Å². The van der Waals surface area contributed by atoms with Crippen LogP contribution in [0.4, 0.5) is 5.69 Å². The van der Waals surface area contributed by atoms with Crippen molar-refractivity contribution >= 4 is 50.7 Å². The van der Waals surface area contributed by atoms with Crippen LogP contribution >= 0.6 is 21.4 Å². The fourth-order valence-corrected chi connectivity index (χ4v) is 10.3. The molecule has 5 heterocycles. The number of hydrogen-bond donors (Lipinski definition) is 1. The molecular formula is C31H31Cl3N2O5S2. The Bertz CT molecular complexity index is 1900. The SMILES string of the molecule is O=S(=O)(Cl)c1ccc(C2=C3C=C4CCC[NH+]5CCCC(=C3Oc3c2cc2c6c3CCCN6CCC2)C45)c(S(=O)(=O)Cl)c1.[Cl-]. The summed E-state index contributed by atoms with van der Waals surface area (Å²) >= 11 is 0. The highest BCUT2D eigenvalue weighted by Crippen LogP contribution is 2.53. The van der Waals surface area contributed by atoms with E-state index < -0.39 is 18.1 Å². The molecule has 6 aliphatic rings. The molecule has 0 radical (unpaired) electrons. The van der Waals surface area contributed by atoms with Crippen LogP contribution in [0.2, 0.25) is 0 Å². The standard InChI is InChI=1S/C31H30Cl2N2O5S2.ClH/c32-41(36,37)20-9-10-21(26(17-20)42(33,38)39)27-24-15-18-5-1-11-34-13-3-7-22(28(18)34)30(24)40-31-23-8-4-14-35-12-2-6-19(29(23)35)16-25(27)31;/h9-10,15-17,28H,1-8,11-14H2;1H. The number of fused-ring (bicyclic) bond motifs is 3. The molecule has 0 amide bonds. The average molecular weight is 682 g/mol. The summed E-state index contributed by atoms with van der Waals surface area (Å²) < 4.78 is 57.7. The molecule has 2 fully saturated rings. The van der Waals surface area contributed by atoms with E-state index in [0.717, 1.165) is 112 Å². The lowest BCUT2D eigenvalue weighted by molar-refractivity contribution is -0.922. The molecule has 2 saturated heterocycles. The number of nitrogens with zero attached hydrogens (tertiary/aromatic N) is 1. The van der Waals surface area contributed by atoms with E-state index in [1.807, 2.05) is 0 Å². The first-order valence-electron chi connectivity index (χ1n) is 14.8. The fraction of sp³-hybridized carbons (Fsp3) is 0.419. The van der Waals surface area contributed by atoms with Crippen molar-refractivity contribution < 1.29 is 38.9 Å². The molecule has 1 aliphatic carbocycles. The Morgan fingerprint density at radius 1 is 0.860 bits per heavy atom. The van der Waals surface area contributed by atoms with Crippen molar-refractivity contribution in [1.29, 1.82) is 0 Å². The number of nitrogens with one attached hydrogen (secondary N) is 1. The van der Waals surface area contributed by atoms with Gasteiger partial charge in [-0.15, -0.1) is 0 Å². The van der Waals surface area contributed by atoms with Crippen LogP contribution < -0.4 is 26.9 Å². The first-order valence-corrected chi connectivity index (χ1v) is 19.4. The van der Waals surface area contributed by atoms with Crippen LogP contribution in [0.5, 0.6) is 5.75 Å². The molecule has 0 spiro atoms. The third-order valence-electron chi connectivity index (χ3n) is 9.88. The van der Waals surface area contributed by atoms with Gasteiger partial charge in [0.25, 0.3) is 18.1 Å². The van der Waals surface area contributed by atoms with Gasteiger partial charge in [-0.3, -0.25) is 0 Å². The summed E-state index contributed by atoms with van der Waals surface area (Å²) in [6, 6.07) is 6.47. The number of benzene rings is 2. The molecule has 0 saturated carbocycles. The Balaban J connectivity index is 0.00000300. The van der Waals surface area contributed by atoms with Gasteiger partial charge in [-0.25, -0.2) is 16.8 Å². The minimum absolute atomic E-state index is 0. The van der Waals surface area contributed by atoms with Gasteiger partial charge in [0.1, 0.15) is 17.6 Å². The lowest BCUT2D eigenvalue weighted by Gasteiger charge is -2.44. The number of piperidine rings is 2. The molecule has 0 bridgehead atoms. The van der Waals surface area contributed by atoms with E-state index in [-0.39, 0.29) is 22.2 Å². The van der Waals surface area contributed by atoms with E-state index in [1.54, 1.807) is 11.0 Å². The van der Waals surface area contributed by atoms with Crippen molar-refractivity contribution in [2.45, 2.75) is 67.2 Å². The largest absolute Gasteiger partial charge is 1.00 e. The maximum atomic E-state index is 13.1. The summed E-state index contributed by atoms with van der Waals surface area (Å²) in [5.41, 5.74) is 9.17. The Morgan fingerprint density at radius 3 is 2.35 bits per heavy atom. The molecule has 2 unspecified atom stereocenters. The van der Waals surface area contributed by atoms with E-state index in [1.165, 1.54) is 34.0 Å². The molecule has 43 heavy (non-hydrogen) atoms. The second-order valence-corrected chi connectivity index (χ2v) is 17.3. The second kappa shape index (κ2) is 10.5. The van der Waals surface area contributed by atoms with Gasteiger partial charge >= 0.3 is 0 Å². The van der Waals surface area contributed by atoms with Crippen LogP contribution in [0, 0.1) is 0 Å². The molecule has 5 aliphatic heterocycles. The van der Waals surface area contributed by atoms with Crippen LogP contribution in [0.1, 0.15) is 60.8 Å². The normalized spacial score (nSPS) is 24.1. The molecule has 7 nitrogen and oxygen atoms in total. The van der Waals surface area contributed by atoms with E-state index in [2.05, 4.69) is 17.0 Å². The topological polar surface area (TPSA) is 85.2 Å². The Morgan fingerprint density at radius 2 is 1.60 bits per heavy atom. The van der Waals surface area contributed by atoms with Crippen molar-refractivity contribution in [3.63, 3.8) is 0 Å². The number of halogens is 3. The smallest absolute Gasteiger partial charge is 0.261 e. The van der Waals surface area contributed by atoms with Gasteiger partial charge < -0.3 is 26.9 Å². The van der Waals surface area contributed by atoms with Crippen LogP contribution in [-0.2, 0) is 30.9 Å². The van der Waals surface area contributed by atoms with Crippen LogP contribution in [-0.4, -0.2) is 49.1 Å². The fourth-order valence-electron chi connectivity index (χ4n) is 8.32. The van der Waals surface area contributed by atoms with Crippen molar-refractivity contribution in [3.8, 4) is 5.75 Å². The van der Waals surface area contributed by atoms with Crippen molar-refractivity contribution in [2.24, 2.45) is 0 Å². The van der Waals surface area contributed by atoms with Gasteiger partial charge in [-0.1, -0.05) is 6.07 Å². The molecule has 12 heteroatoms. The first-order chi connectivity index (χ1) is 20.1. The van der Waals surface area contributed by atoms with Crippen LogP contribution in [0.25, 0.3) is 5.57 Å². The highest BCUT2D eigenvalue weighted by Gasteiger charge is 2.45. The molecule has 228 valence electrons. The Kier molecular flexibility index (Phi) is 7.27. The summed E-state index contributed by atoms with van der Waals surface area (Å²) in [6.45, 7) is 4.32. The minimum Gasteiger partial charge on any atom is -1.00 e. The number of ether oxygens (including phenoxy) is 1. The Labute approximate surface area is 267 Å². The molecule has 0 aromatic heterocycles. The average Bonchev–Trinajstić information content (AvgIpc) is 2.96. The highest BCUT2D eigenvalue weighted by atomic mass is 35.7. The van der Waals surface area contributed by atoms with Gasteiger partial charge in [0.2, 0.25) is 0 Å². The third kappa shape index (κ3) is 4.69. The zero-order chi connectivity index (χ0) is 29.0. The van der Waals surface area contributed by atoms with E-state index >= 15 is 0 Å². The van der Waals surface area contributed by atoms with Crippen molar-refractivity contribution in [3.05, 3.63) is 75.1 Å². The number of quaternary nitrogens is 1. The highest BCUT2D eigenvalue weighted by molar-refractivity contribution is 8.14. The number of anilines is 1. The predicted molar refractivity (Wildman–Crippen MR) is 163 cm³/mol. The van der Waals surface area contributed by atoms with Crippen LogP contribution in [0.15, 0.2) is 62.6 Å². The molecular weight excluding hydrogens is 651 g/mol. The van der Waals surface area contributed by atoms with Gasteiger partial charge in [-0.2, -0.15) is 0 Å². The van der Waals surface area contributed by atoms with Gasteiger partial charge in [0, 0.05) is 86.4 Å². The summed E-state index contributed by atoms with van der Waals surface area (Å²) in [7, 11) is 3.17. The molecule has 1 N–H and O–H groups in total. The first kappa shape index (κ1) is 29.7. The Hall–Kier alpha value is -2.01. The molecule has 2 aromatic rings. The number of aryl methyl sites for hydroxylation is 1. The third-order valence-corrected chi connectivity index (χ3v) is 12.6. The van der Waals surface area contributed by atoms with E-state index in [9.17, 15) is 16.8 Å². The van der Waals surface area contributed by atoms with Crippen LogP contribution in [0.3, 0.4) is 0 Å². The lowest BCUT2D eigenvalue weighted by Crippen LogP contribution is -3.18. The second-order valence-electron chi connectivity index (χ2n) is 12.2. The molecule has 8 rings (SSSR count). The van der Waals surface area contributed by atoms with Gasteiger partial charge in [0.15, 0.2) is 0 Å². The summed E-state index contributed by atoms with van der Waals surface area (Å²) in [4.78, 5) is 3.48. The van der Waals surface area contributed by atoms with Crippen molar-refractivity contribution in [1.82, 2.24) is 0 Å².